The Morgan fingerprint density at radius 2 is 2.11 bits per heavy atom. The highest BCUT2D eigenvalue weighted by Gasteiger charge is 2.14. The Morgan fingerprint density at radius 1 is 1.37 bits per heavy atom. The summed E-state index contributed by atoms with van der Waals surface area (Å²) in [4.78, 5) is 2.26. The number of aliphatic hydroxyl groups is 1. The predicted octanol–water partition coefficient (Wildman–Crippen LogP) is -2.36. The van der Waals surface area contributed by atoms with Crippen molar-refractivity contribution in [2.45, 2.75) is 13.0 Å². The minimum absolute atomic E-state index is 0. The number of β-amino-alcohol motifs (C(OH)–C–C–N with tert-alkyl or cyclic N) is 1. The number of nitrogens with zero attached hydrogens (tertiary/aromatic N) is 1. The van der Waals surface area contributed by atoms with Crippen LogP contribution in [0.4, 0.5) is 0 Å². The van der Waals surface area contributed by atoms with Crippen LogP contribution < -0.4 is 22.5 Å². The molecule has 108 valence electrons. The van der Waals surface area contributed by atoms with Gasteiger partial charge in [0.05, 0.1) is 0 Å². The van der Waals surface area contributed by atoms with Crippen LogP contribution in [0.2, 0.25) is 0 Å². The molecule has 1 aliphatic heterocycles. The fraction of sp³-hybridized carbons (Fsp3) is 0.571. The number of hydrogen-bond donors (Lipinski definition) is 2. The minimum atomic E-state index is -0.427. The fourth-order valence-electron chi connectivity index (χ4n) is 2.14. The molecule has 1 fully saturated rings. The first kappa shape index (κ1) is 16.2. The molecular weight excluding hydrogens is 264 g/mol. The highest BCUT2D eigenvalue weighted by atomic mass is 35.5. The van der Waals surface area contributed by atoms with E-state index in [1.807, 2.05) is 31.2 Å². The number of rotatable bonds is 5. The summed E-state index contributed by atoms with van der Waals surface area (Å²) in [7, 11) is 0. The molecule has 2 rings (SSSR count). The Kier molecular flexibility index (Phi) is 7.16. The lowest BCUT2D eigenvalue weighted by Gasteiger charge is -2.29. The summed E-state index contributed by atoms with van der Waals surface area (Å²) in [5.74, 6) is 0.828. The van der Waals surface area contributed by atoms with Crippen LogP contribution in [0.3, 0.4) is 0 Å². The standard InChI is InChI=1S/C14H22N2O2.ClH/c1-12-3-2-4-14(9-12)18-11-13(17)10-16-7-5-15-6-8-16;/h2-4,9,13,15,17H,5-8,10-11H2,1H3;1H/p-1. The van der Waals surface area contributed by atoms with E-state index in [0.29, 0.717) is 13.2 Å². The van der Waals surface area contributed by atoms with Crippen LogP contribution in [0, 0.1) is 6.92 Å². The molecule has 2 N–H and O–H groups in total. The first-order valence-corrected chi connectivity index (χ1v) is 6.54. The number of hydrogen-bond acceptors (Lipinski definition) is 4. The van der Waals surface area contributed by atoms with Gasteiger partial charge in [0.25, 0.3) is 0 Å². The van der Waals surface area contributed by atoms with Crippen LogP contribution >= 0.6 is 0 Å². The fourth-order valence-corrected chi connectivity index (χ4v) is 2.14. The van der Waals surface area contributed by atoms with Crippen molar-refractivity contribution in [2.75, 3.05) is 39.3 Å². The Labute approximate surface area is 121 Å². The number of piperazine rings is 1. The van der Waals surface area contributed by atoms with E-state index in [4.69, 9.17) is 4.74 Å². The largest absolute Gasteiger partial charge is 1.00 e. The zero-order chi connectivity index (χ0) is 12.8. The molecule has 0 amide bonds. The molecule has 0 aliphatic carbocycles. The molecule has 1 aromatic carbocycles. The number of nitrogens with one attached hydrogen (secondary N) is 1. The molecule has 19 heavy (non-hydrogen) atoms. The van der Waals surface area contributed by atoms with E-state index in [9.17, 15) is 5.11 Å². The maximum absolute atomic E-state index is 9.94. The van der Waals surface area contributed by atoms with Crippen molar-refractivity contribution in [3.05, 3.63) is 29.8 Å². The Hall–Kier alpha value is -0.810. The average Bonchev–Trinajstić information content (AvgIpc) is 2.38. The predicted molar refractivity (Wildman–Crippen MR) is 72.0 cm³/mol. The van der Waals surface area contributed by atoms with Gasteiger partial charge in [-0.1, -0.05) is 12.1 Å². The lowest BCUT2D eigenvalue weighted by molar-refractivity contribution is -0.00000626. The number of aryl methyl sites for hydroxylation is 1. The second kappa shape index (κ2) is 8.38. The van der Waals surface area contributed by atoms with Crippen molar-refractivity contribution in [1.82, 2.24) is 10.2 Å². The molecule has 4 nitrogen and oxygen atoms in total. The van der Waals surface area contributed by atoms with E-state index >= 15 is 0 Å². The smallest absolute Gasteiger partial charge is 0.119 e. The third-order valence-corrected chi connectivity index (χ3v) is 3.11. The Morgan fingerprint density at radius 3 is 2.79 bits per heavy atom. The zero-order valence-corrected chi connectivity index (χ0v) is 12.1. The number of benzene rings is 1. The zero-order valence-electron chi connectivity index (χ0n) is 11.3. The summed E-state index contributed by atoms with van der Waals surface area (Å²) in [5, 5.41) is 13.2. The third kappa shape index (κ3) is 5.78. The monoisotopic (exact) mass is 285 g/mol. The molecule has 0 radical (unpaired) electrons. The second-order valence-electron chi connectivity index (χ2n) is 4.83. The van der Waals surface area contributed by atoms with Gasteiger partial charge < -0.3 is 27.6 Å². The third-order valence-electron chi connectivity index (χ3n) is 3.11. The van der Waals surface area contributed by atoms with Crippen LogP contribution in [0.1, 0.15) is 5.56 Å². The van der Waals surface area contributed by atoms with Gasteiger partial charge in [-0.05, 0) is 24.6 Å². The number of ether oxygens (including phenoxy) is 1. The molecular formula is C14H22ClN2O2-. The van der Waals surface area contributed by atoms with Crippen molar-refractivity contribution in [1.29, 1.82) is 0 Å². The summed E-state index contributed by atoms with van der Waals surface area (Å²) in [5.41, 5.74) is 1.17. The Balaban J connectivity index is 0.00000180. The van der Waals surface area contributed by atoms with E-state index in [2.05, 4.69) is 10.2 Å². The van der Waals surface area contributed by atoms with Gasteiger partial charge in [0, 0.05) is 32.7 Å². The van der Waals surface area contributed by atoms with Crippen LogP contribution in [-0.2, 0) is 0 Å². The minimum Gasteiger partial charge on any atom is -1.00 e. The molecule has 5 heteroatoms. The molecule has 1 aliphatic rings. The van der Waals surface area contributed by atoms with E-state index in [-0.39, 0.29) is 12.4 Å². The van der Waals surface area contributed by atoms with E-state index < -0.39 is 6.10 Å². The summed E-state index contributed by atoms with van der Waals surface area (Å²) in [6, 6.07) is 7.90. The first-order chi connectivity index (χ1) is 8.74. The molecule has 1 unspecified atom stereocenters. The first-order valence-electron chi connectivity index (χ1n) is 6.54. The highest BCUT2D eigenvalue weighted by Crippen LogP contribution is 2.12. The molecule has 0 bridgehead atoms. The molecule has 0 spiro atoms. The van der Waals surface area contributed by atoms with Gasteiger partial charge in [-0.25, -0.2) is 0 Å². The molecule has 0 saturated carbocycles. The summed E-state index contributed by atoms with van der Waals surface area (Å²) in [6.45, 7) is 7.09. The van der Waals surface area contributed by atoms with Gasteiger partial charge in [0.15, 0.2) is 0 Å². The van der Waals surface area contributed by atoms with Crippen molar-refractivity contribution < 1.29 is 22.3 Å². The summed E-state index contributed by atoms with van der Waals surface area (Å²) in [6.07, 6.45) is -0.427. The van der Waals surface area contributed by atoms with Gasteiger partial charge in [-0.2, -0.15) is 0 Å². The summed E-state index contributed by atoms with van der Waals surface area (Å²) < 4.78 is 5.60. The van der Waals surface area contributed by atoms with Crippen molar-refractivity contribution in [2.24, 2.45) is 0 Å². The second-order valence-corrected chi connectivity index (χ2v) is 4.83. The van der Waals surface area contributed by atoms with Crippen molar-refractivity contribution in [3.63, 3.8) is 0 Å². The normalized spacial score (nSPS) is 17.6. The van der Waals surface area contributed by atoms with Crippen molar-refractivity contribution in [3.8, 4) is 5.75 Å². The van der Waals surface area contributed by atoms with E-state index in [1.54, 1.807) is 0 Å². The molecule has 0 aromatic heterocycles. The quantitative estimate of drug-likeness (QED) is 0.636. The average molecular weight is 286 g/mol. The van der Waals surface area contributed by atoms with Crippen LogP contribution in [0.15, 0.2) is 24.3 Å². The van der Waals surface area contributed by atoms with E-state index in [0.717, 1.165) is 31.9 Å². The van der Waals surface area contributed by atoms with Crippen LogP contribution in [0.25, 0.3) is 0 Å². The highest BCUT2D eigenvalue weighted by molar-refractivity contribution is 5.27. The topological polar surface area (TPSA) is 44.7 Å². The van der Waals surface area contributed by atoms with E-state index in [1.165, 1.54) is 5.56 Å². The van der Waals surface area contributed by atoms with Gasteiger partial charge in [-0.3, -0.25) is 4.90 Å². The van der Waals surface area contributed by atoms with Crippen molar-refractivity contribution >= 4 is 0 Å². The molecule has 1 saturated heterocycles. The number of aliphatic hydroxyl groups excluding tert-OH is 1. The van der Waals surface area contributed by atoms with Gasteiger partial charge in [0.1, 0.15) is 18.5 Å². The Bertz CT molecular complexity index is 370. The number of halogens is 1. The van der Waals surface area contributed by atoms with Gasteiger partial charge >= 0.3 is 0 Å². The molecule has 1 heterocycles. The lowest BCUT2D eigenvalue weighted by Crippen LogP contribution is -3.00. The SMILES string of the molecule is Cc1cccc(OCC(O)CN2CCNCC2)c1.[Cl-]. The maximum atomic E-state index is 9.94. The van der Waals surface area contributed by atoms with Crippen LogP contribution in [0.5, 0.6) is 5.75 Å². The molecule has 1 atom stereocenters. The molecule has 1 aromatic rings. The van der Waals surface area contributed by atoms with Crippen LogP contribution in [-0.4, -0.2) is 55.4 Å². The van der Waals surface area contributed by atoms with Gasteiger partial charge in [-0.15, -0.1) is 0 Å². The lowest BCUT2D eigenvalue weighted by atomic mass is 10.2. The van der Waals surface area contributed by atoms with Gasteiger partial charge in [0.2, 0.25) is 0 Å². The maximum Gasteiger partial charge on any atom is 0.119 e. The summed E-state index contributed by atoms with van der Waals surface area (Å²) >= 11 is 0.